The highest BCUT2D eigenvalue weighted by Gasteiger charge is 2.09. The molecule has 0 heterocycles. The first-order valence-electron chi connectivity index (χ1n) is 5.15. The van der Waals surface area contributed by atoms with E-state index in [1.807, 2.05) is 19.1 Å². The Kier molecular flexibility index (Phi) is 5.32. The Morgan fingerprint density at radius 1 is 1.38 bits per heavy atom. The molecule has 0 saturated carbocycles. The fourth-order valence-corrected chi connectivity index (χ4v) is 1.98. The van der Waals surface area contributed by atoms with Gasteiger partial charge in [-0.2, -0.15) is 0 Å². The fraction of sp³-hybridized carbons (Fsp3) is 0.417. The van der Waals surface area contributed by atoms with Crippen molar-refractivity contribution in [2.75, 3.05) is 13.7 Å². The molecule has 4 heteroatoms. The quantitative estimate of drug-likeness (QED) is 0.754. The molecule has 0 atom stereocenters. The van der Waals surface area contributed by atoms with Gasteiger partial charge in [0.2, 0.25) is 0 Å². The molecule has 0 aromatic heterocycles. The summed E-state index contributed by atoms with van der Waals surface area (Å²) in [5, 5.41) is 0. The summed E-state index contributed by atoms with van der Waals surface area (Å²) in [7, 11) is 1.61. The van der Waals surface area contributed by atoms with Gasteiger partial charge in [-0.25, -0.2) is 0 Å². The molecule has 0 amide bonds. The highest BCUT2D eigenvalue weighted by Crippen LogP contribution is 2.33. The number of hydrogen-bond donors (Lipinski definition) is 0. The maximum Gasteiger partial charge on any atom is 0.136 e. The van der Waals surface area contributed by atoms with E-state index in [4.69, 9.17) is 9.47 Å². The second-order valence-corrected chi connectivity index (χ2v) is 4.09. The number of rotatable bonds is 6. The van der Waals surface area contributed by atoms with Crippen LogP contribution < -0.4 is 9.47 Å². The van der Waals surface area contributed by atoms with E-state index in [0.29, 0.717) is 19.4 Å². The van der Waals surface area contributed by atoms with Crippen molar-refractivity contribution in [2.45, 2.75) is 19.8 Å². The Morgan fingerprint density at radius 2 is 2.12 bits per heavy atom. The molecule has 0 N–H and O–H groups in total. The average Bonchev–Trinajstić information content (AvgIpc) is 2.29. The molecule has 88 valence electrons. The van der Waals surface area contributed by atoms with E-state index in [1.54, 1.807) is 7.11 Å². The van der Waals surface area contributed by atoms with Crippen molar-refractivity contribution in [3.8, 4) is 11.5 Å². The predicted octanol–water partition coefficient (Wildman–Crippen LogP) is 2.99. The lowest BCUT2D eigenvalue weighted by Gasteiger charge is -2.12. The molecular weight excluding hydrogens is 272 g/mol. The number of halogens is 1. The highest BCUT2D eigenvalue weighted by molar-refractivity contribution is 9.10. The number of carbonyl (C=O) groups excluding carboxylic acids is 1. The van der Waals surface area contributed by atoms with Gasteiger partial charge in [0.05, 0.1) is 18.2 Å². The van der Waals surface area contributed by atoms with Gasteiger partial charge in [-0.05, 0) is 40.9 Å². The third-order valence-electron chi connectivity index (χ3n) is 2.17. The molecule has 0 saturated heterocycles. The predicted molar refractivity (Wildman–Crippen MR) is 66.2 cm³/mol. The SMILES string of the molecule is CCOc1cc(OC)c(Br)cc1CCC=O. The van der Waals surface area contributed by atoms with Gasteiger partial charge in [-0.3, -0.25) is 0 Å². The van der Waals surface area contributed by atoms with E-state index in [2.05, 4.69) is 15.9 Å². The zero-order chi connectivity index (χ0) is 12.0. The van der Waals surface area contributed by atoms with Crippen LogP contribution in [0.25, 0.3) is 0 Å². The molecule has 0 fully saturated rings. The zero-order valence-corrected chi connectivity index (χ0v) is 11.0. The summed E-state index contributed by atoms with van der Waals surface area (Å²) < 4.78 is 11.6. The number of methoxy groups -OCH3 is 1. The molecule has 0 aliphatic heterocycles. The fourth-order valence-electron chi connectivity index (χ4n) is 1.43. The molecule has 0 spiro atoms. The van der Waals surface area contributed by atoms with E-state index >= 15 is 0 Å². The Bertz CT molecular complexity index is 364. The van der Waals surface area contributed by atoms with Crippen LogP contribution in [-0.4, -0.2) is 20.0 Å². The van der Waals surface area contributed by atoms with Gasteiger partial charge in [-0.15, -0.1) is 0 Å². The Labute approximate surface area is 104 Å². The molecule has 0 bridgehead atoms. The van der Waals surface area contributed by atoms with Crippen molar-refractivity contribution in [1.82, 2.24) is 0 Å². The van der Waals surface area contributed by atoms with Crippen molar-refractivity contribution in [3.63, 3.8) is 0 Å². The topological polar surface area (TPSA) is 35.5 Å². The van der Waals surface area contributed by atoms with Crippen LogP contribution >= 0.6 is 15.9 Å². The van der Waals surface area contributed by atoms with E-state index in [1.165, 1.54) is 0 Å². The van der Waals surface area contributed by atoms with Crippen molar-refractivity contribution in [3.05, 3.63) is 22.2 Å². The van der Waals surface area contributed by atoms with Gasteiger partial charge in [0.25, 0.3) is 0 Å². The largest absolute Gasteiger partial charge is 0.495 e. The summed E-state index contributed by atoms with van der Waals surface area (Å²) in [5.74, 6) is 1.52. The average molecular weight is 287 g/mol. The molecule has 1 aromatic rings. The molecule has 3 nitrogen and oxygen atoms in total. The number of ether oxygens (including phenoxy) is 2. The van der Waals surface area contributed by atoms with Crippen LogP contribution in [0, 0.1) is 0 Å². The smallest absolute Gasteiger partial charge is 0.136 e. The number of aldehydes is 1. The van der Waals surface area contributed by atoms with Crippen molar-refractivity contribution >= 4 is 22.2 Å². The summed E-state index contributed by atoms with van der Waals surface area (Å²) in [4.78, 5) is 10.4. The summed E-state index contributed by atoms with van der Waals surface area (Å²) >= 11 is 3.42. The first kappa shape index (κ1) is 13.0. The van der Waals surface area contributed by atoms with Crippen LogP contribution in [0.2, 0.25) is 0 Å². The third-order valence-corrected chi connectivity index (χ3v) is 2.79. The van der Waals surface area contributed by atoms with Crippen molar-refractivity contribution in [1.29, 1.82) is 0 Å². The minimum Gasteiger partial charge on any atom is -0.495 e. The second-order valence-electron chi connectivity index (χ2n) is 3.23. The number of benzene rings is 1. The molecule has 0 radical (unpaired) electrons. The summed E-state index contributed by atoms with van der Waals surface area (Å²) in [6, 6.07) is 3.78. The molecule has 0 aliphatic rings. The maximum atomic E-state index is 10.4. The van der Waals surface area contributed by atoms with Gasteiger partial charge < -0.3 is 14.3 Å². The van der Waals surface area contributed by atoms with Crippen LogP contribution in [0.4, 0.5) is 0 Å². The minimum atomic E-state index is 0.499. The Hall–Kier alpha value is -1.03. The molecule has 1 rings (SSSR count). The molecule has 16 heavy (non-hydrogen) atoms. The van der Waals surface area contributed by atoms with E-state index in [9.17, 15) is 4.79 Å². The van der Waals surface area contributed by atoms with Gasteiger partial charge >= 0.3 is 0 Å². The van der Waals surface area contributed by atoms with Gasteiger partial charge in [0, 0.05) is 12.5 Å². The maximum absolute atomic E-state index is 10.4. The van der Waals surface area contributed by atoms with Crippen LogP contribution in [0.3, 0.4) is 0 Å². The molecule has 1 aromatic carbocycles. The number of aryl methyl sites for hydroxylation is 1. The van der Waals surface area contributed by atoms with Gasteiger partial charge in [-0.1, -0.05) is 0 Å². The molecule has 0 unspecified atom stereocenters. The second kappa shape index (κ2) is 6.53. The van der Waals surface area contributed by atoms with Crippen LogP contribution in [0.5, 0.6) is 11.5 Å². The number of hydrogen-bond acceptors (Lipinski definition) is 3. The monoisotopic (exact) mass is 286 g/mol. The highest BCUT2D eigenvalue weighted by atomic mass is 79.9. The number of carbonyl (C=O) groups is 1. The first-order chi connectivity index (χ1) is 7.72. The third kappa shape index (κ3) is 3.23. The van der Waals surface area contributed by atoms with E-state index in [0.717, 1.165) is 27.8 Å². The lowest BCUT2D eigenvalue weighted by molar-refractivity contribution is -0.107. The standard InChI is InChI=1S/C12H15BrO3/c1-3-16-11-8-12(15-2)10(13)7-9(11)5-4-6-14/h6-8H,3-5H2,1-2H3. The summed E-state index contributed by atoms with van der Waals surface area (Å²) in [6.07, 6.45) is 2.09. The van der Waals surface area contributed by atoms with E-state index in [-0.39, 0.29) is 0 Å². The lowest BCUT2D eigenvalue weighted by Crippen LogP contribution is -1.99. The first-order valence-corrected chi connectivity index (χ1v) is 5.95. The summed E-state index contributed by atoms with van der Waals surface area (Å²) in [6.45, 7) is 2.52. The molecular formula is C12H15BrO3. The summed E-state index contributed by atoms with van der Waals surface area (Å²) in [5.41, 5.74) is 1.02. The van der Waals surface area contributed by atoms with Gasteiger partial charge in [0.15, 0.2) is 0 Å². The van der Waals surface area contributed by atoms with Crippen molar-refractivity contribution in [2.24, 2.45) is 0 Å². The van der Waals surface area contributed by atoms with Crippen LogP contribution in [0.1, 0.15) is 18.9 Å². The zero-order valence-electron chi connectivity index (χ0n) is 9.46. The van der Waals surface area contributed by atoms with Crippen molar-refractivity contribution < 1.29 is 14.3 Å². The normalized spacial score (nSPS) is 9.94. The van der Waals surface area contributed by atoms with Gasteiger partial charge in [0.1, 0.15) is 17.8 Å². The minimum absolute atomic E-state index is 0.499. The van der Waals surface area contributed by atoms with Crippen LogP contribution in [0.15, 0.2) is 16.6 Å². The Morgan fingerprint density at radius 3 is 2.69 bits per heavy atom. The molecule has 0 aliphatic carbocycles. The van der Waals surface area contributed by atoms with Crippen LogP contribution in [-0.2, 0) is 11.2 Å². The lowest BCUT2D eigenvalue weighted by atomic mass is 10.1. The Balaban J connectivity index is 3.02. The van der Waals surface area contributed by atoms with E-state index < -0.39 is 0 Å².